The number of phenols is 2. The highest BCUT2D eigenvalue weighted by molar-refractivity contribution is 6.11. The Kier molecular flexibility index (Phi) is 25.1. The first-order valence-corrected chi connectivity index (χ1v) is 31.8. The molecule has 29 nitrogen and oxygen atoms in total. The maximum Gasteiger partial charge on any atom is 0.310 e. The number of hydrogen-bond acceptors (Lipinski definition) is 29. The molecule has 5 saturated heterocycles. The summed E-state index contributed by atoms with van der Waals surface area (Å²) >= 11 is 0. The number of aliphatic hydroxyl groups is 5. The lowest BCUT2D eigenvalue weighted by Crippen LogP contribution is -2.59. The zero-order valence-electron chi connectivity index (χ0n) is 55.0. The van der Waals surface area contributed by atoms with Gasteiger partial charge in [-0.1, -0.05) is 6.58 Å². The fourth-order valence-electron chi connectivity index (χ4n) is 13.4. The minimum absolute atomic E-state index is 0.00651. The largest absolute Gasteiger partial charge is 0.507 e. The molecule has 2 aromatic carbocycles. The number of aliphatic hydroxyl groups excluding tert-OH is 4. The number of unbranched alkanes of at least 4 members (excludes halogenated alkanes) is 1. The van der Waals surface area contributed by atoms with Crippen LogP contribution in [0.25, 0.3) is 10.8 Å². The van der Waals surface area contributed by atoms with Crippen LogP contribution >= 0.6 is 0 Å². The van der Waals surface area contributed by atoms with E-state index in [4.69, 9.17) is 75.8 Å². The normalized spacial score (nSPS) is 36.3. The molecule has 526 valence electrons. The van der Waals surface area contributed by atoms with E-state index in [2.05, 4.69) is 6.58 Å². The summed E-state index contributed by atoms with van der Waals surface area (Å²) in [6.07, 6.45) is -25.6. The van der Waals surface area contributed by atoms with E-state index in [-0.39, 0.29) is 97.4 Å². The van der Waals surface area contributed by atoms with Gasteiger partial charge in [0.2, 0.25) is 6.29 Å². The number of ether oxygens (including phenoxy) is 16. The third-order valence-electron chi connectivity index (χ3n) is 18.2. The molecular weight excluding hydrogens is 1240 g/mol. The van der Waals surface area contributed by atoms with Gasteiger partial charge in [-0.2, -0.15) is 0 Å². The molecule has 2 aromatic rings. The second kappa shape index (κ2) is 31.7. The van der Waals surface area contributed by atoms with Gasteiger partial charge in [-0.3, -0.25) is 28.8 Å². The Morgan fingerprint density at radius 2 is 1.26 bits per heavy atom. The summed E-state index contributed by atoms with van der Waals surface area (Å²) in [6, 6.07) is 3.00. The molecule has 5 aliphatic heterocycles. The average molecular weight is 1340 g/mol. The van der Waals surface area contributed by atoms with Crippen LogP contribution in [0.15, 0.2) is 25.0 Å². The number of benzene rings is 2. The SMILES string of the molecule is C=COC(=O)CCCCC(=O)O[C@H](C)[C@H](O)C(=O)[C@@H](OC)[C@@H]1Cc2cc3cc(O[C@H]4C[C@@H](O[C@@H]5CC(O)[C@@H](OC)C(C)O5)[C@@H](OC(C)=O)C(C)O4)c(C)c(O)c3c(O)c2C(=O)[C@H]1O[C@H]1C[C@@H](O[C@H]2C[C@@H](O[C@H]3C[C@@](C)(O)[C@@H](OC(C)=O)C(C)O3)[C@H](O)C(C)O2)[C@H](O)C(C)O1. The van der Waals surface area contributed by atoms with Crippen molar-refractivity contribution >= 4 is 46.2 Å². The molecule has 0 bridgehead atoms. The molecule has 7 N–H and O–H groups in total. The third-order valence-corrected chi connectivity index (χ3v) is 18.2. The summed E-state index contributed by atoms with van der Waals surface area (Å²) in [7, 11) is 2.61. The number of hydrogen-bond donors (Lipinski definition) is 7. The number of aromatic hydroxyl groups is 2. The molecule has 0 radical (unpaired) electrons. The first kappa shape index (κ1) is 74.2. The number of rotatable bonds is 25. The lowest BCUT2D eigenvalue weighted by molar-refractivity contribution is -0.334. The Balaban J connectivity index is 1.06. The van der Waals surface area contributed by atoms with E-state index in [9.17, 15) is 59.7 Å². The van der Waals surface area contributed by atoms with Gasteiger partial charge in [-0.15, -0.1) is 0 Å². The van der Waals surface area contributed by atoms with E-state index >= 15 is 4.79 Å². The van der Waals surface area contributed by atoms with E-state index < -0.39 is 200 Å². The van der Waals surface area contributed by atoms with Gasteiger partial charge in [-0.05, 0) is 97.7 Å². The van der Waals surface area contributed by atoms with Crippen LogP contribution in [0.4, 0.5) is 0 Å². The molecule has 1 aliphatic carbocycles. The molecular formula is C65H92O29. The van der Waals surface area contributed by atoms with Crippen molar-refractivity contribution in [3.8, 4) is 17.2 Å². The number of Topliss-reactive ketones (excluding diaryl/α,β-unsaturated/α-hetero) is 2. The van der Waals surface area contributed by atoms with E-state index in [1.807, 2.05) is 0 Å². The number of esters is 4. The van der Waals surface area contributed by atoms with Gasteiger partial charge in [0.25, 0.3) is 0 Å². The molecule has 94 heavy (non-hydrogen) atoms. The van der Waals surface area contributed by atoms with Gasteiger partial charge in [0.15, 0.2) is 55.0 Å². The third kappa shape index (κ3) is 17.2. The summed E-state index contributed by atoms with van der Waals surface area (Å²) in [5.74, 6) is -6.98. The lowest BCUT2D eigenvalue weighted by atomic mass is 9.75. The fraction of sp³-hybridized carbons (Fsp3) is 0.723. The number of methoxy groups -OCH3 is 2. The summed E-state index contributed by atoms with van der Waals surface area (Å²) in [6.45, 7) is 18.1. The van der Waals surface area contributed by atoms with Crippen LogP contribution in [0.3, 0.4) is 0 Å². The van der Waals surface area contributed by atoms with Gasteiger partial charge >= 0.3 is 23.9 Å². The van der Waals surface area contributed by atoms with Crippen LogP contribution in [0, 0.1) is 12.8 Å². The smallest absolute Gasteiger partial charge is 0.310 e. The highest BCUT2D eigenvalue weighted by atomic mass is 16.7. The average Bonchev–Trinajstić information content (AvgIpc) is 0.734. The molecule has 5 fully saturated rings. The number of fused-ring (bicyclic) bond motifs is 2. The first-order valence-electron chi connectivity index (χ1n) is 31.8. The van der Waals surface area contributed by atoms with Crippen LogP contribution in [0.5, 0.6) is 17.2 Å². The highest BCUT2D eigenvalue weighted by Crippen LogP contribution is 2.48. The fourth-order valence-corrected chi connectivity index (χ4v) is 13.4. The highest BCUT2D eigenvalue weighted by Gasteiger charge is 2.53. The quantitative estimate of drug-likeness (QED) is 0.0324. The monoisotopic (exact) mass is 1340 g/mol. The molecule has 29 heteroatoms. The van der Waals surface area contributed by atoms with Crippen molar-refractivity contribution in [2.24, 2.45) is 5.92 Å². The minimum Gasteiger partial charge on any atom is -0.507 e. The second-order valence-electron chi connectivity index (χ2n) is 25.4. The van der Waals surface area contributed by atoms with Crippen LogP contribution in [0.1, 0.15) is 142 Å². The van der Waals surface area contributed by atoms with Crippen LogP contribution in [-0.4, -0.2) is 232 Å². The maximum absolute atomic E-state index is 15.4. The first-order chi connectivity index (χ1) is 44.3. The summed E-state index contributed by atoms with van der Waals surface area (Å²) < 4.78 is 95.0. The van der Waals surface area contributed by atoms with Gasteiger partial charge in [0.05, 0.1) is 66.0 Å². The molecule has 0 spiro atoms. The van der Waals surface area contributed by atoms with Gasteiger partial charge in [0, 0.05) is 84.5 Å². The predicted molar refractivity (Wildman–Crippen MR) is 321 cm³/mol. The number of carbonyl (C=O) groups excluding carboxylic acids is 6. The van der Waals surface area contributed by atoms with E-state index in [1.54, 1.807) is 27.7 Å². The predicted octanol–water partition coefficient (Wildman–Crippen LogP) is 3.34. The van der Waals surface area contributed by atoms with Crippen molar-refractivity contribution in [3.05, 3.63) is 41.7 Å². The van der Waals surface area contributed by atoms with E-state index in [0.29, 0.717) is 0 Å². The Morgan fingerprint density at radius 3 is 1.84 bits per heavy atom. The zero-order valence-corrected chi connectivity index (χ0v) is 55.0. The summed E-state index contributed by atoms with van der Waals surface area (Å²) in [5.41, 5.74) is -1.65. The Morgan fingerprint density at radius 1 is 0.713 bits per heavy atom. The van der Waals surface area contributed by atoms with E-state index in [0.717, 1.165) is 13.4 Å². The van der Waals surface area contributed by atoms with Crippen molar-refractivity contribution in [2.75, 3.05) is 14.2 Å². The number of phenolic OH excluding ortho intramolecular Hbond substituents is 2. The standard InChI is InChI=1S/C65H92O29/c1-14-81-44(69)17-15-16-18-45(70)82-30(5)56(74)59(77)62(80-13)38-20-36-19-37-21-40(90-48-25-43(61(32(7)86-48)88-34(9)66)93-46-22-39(68)60(79-12)31(6)85-46)27(2)53(71)51(37)57(75)52(36)58(76)63(38)94-49-24-41(54(72)29(4)84-49)91-47-23-42(55(73)28(3)83-47)92-50-26-65(11,78)64(33(8)87-50)89-35(10)67/h14,19,21,28-33,38-39,41-43,46-50,54-56,60-64,68,71-75,78H,1,15-18,20,22-26H2,2-13H3/t28?,29?,30-,31?,32?,33?,38+,39?,41-,42-,43-,46-,47+,48+,49+,50+,54-,55-,56+,60+,61+,62+,63+,64+,65-/m1/s1. The molecule has 0 amide bonds. The Hall–Kier alpha value is -5.58. The molecule has 0 saturated carbocycles. The topological polar surface area (TPSA) is 392 Å². The number of carbonyl (C=O) groups is 6. The molecule has 0 aromatic heterocycles. The molecule has 6 unspecified atom stereocenters. The van der Waals surface area contributed by atoms with Crippen LogP contribution in [0.2, 0.25) is 0 Å². The molecule has 25 atom stereocenters. The molecule has 5 heterocycles. The van der Waals surface area contributed by atoms with Gasteiger partial charge in [-0.25, -0.2) is 0 Å². The Labute approximate surface area is 544 Å². The zero-order chi connectivity index (χ0) is 68.9. The van der Waals surface area contributed by atoms with Crippen molar-refractivity contribution in [2.45, 2.75) is 280 Å². The van der Waals surface area contributed by atoms with Gasteiger partial charge < -0.3 is 112 Å². The summed E-state index contributed by atoms with van der Waals surface area (Å²) in [4.78, 5) is 79.1. The lowest BCUT2D eigenvalue weighted by Gasteiger charge is -2.46. The maximum atomic E-state index is 15.4. The van der Waals surface area contributed by atoms with Crippen molar-refractivity contribution in [3.63, 3.8) is 0 Å². The molecule has 6 aliphatic rings. The number of ketones is 2. The summed E-state index contributed by atoms with van der Waals surface area (Å²) in [5, 5.41) is 81.1. The van der Waals surface area contributed by atoms with Crippen LogP contribution in [-0.2, 0) is 101 Å². The van der Waals surface area contributed by atoms with Crippen molar-refractivity contribution in [1.82, 2.24) is 0 Å². The van der Waals surface area contributed by atoms with Crippen molar-refractivity contribution < 1.29 is 140 Å². The van der Waals surface area contributed by atoms with Crippen LogP contribution < -0.4 is 4.74 Å². The Bertz CT molecular complexity index is 3000. The van der Waals surface area contributed by atoms with E-state index in [1.165, 1.54) is 60.8 Å². The van der Waals surface area contributed by atoms with Crippen molar-refractivity contribution in [1.29, 1.82) is 0 Å². The second-order valence-corrected chi connectivity index (χ2v) is 25.4. The molecule has 8 rings (SSSR count). The van der Waals surface area contributed by atoms with Gasteiger partial charge in [0.1, 0.15) is 65.6 Å². The minimum atomic E-state index is -2.05.